The predicted molar refractivity (Wildman–Crippen MR) is 408 cm³/mol. The van der Waals surface area contributed by atoms with E-state index in [0.717, 1.165) is 62.4 Å². The average Bonchev–Trinajstić information content (AvgIpc) is 1.72. The van der Waals surface area contributed by atoms with E-state index in [1.54, 1.807) is 43.1 Å². The summed E-state index contributed by atoms with van der Waals surface area (Å²) in [6.07, 6.45) is 8.79. The topological polar surface area (TPSA) is 190 Å². The molecule has 24 heteroatoms. The number of hydrogen-bond acceptors (Lipinski definition) is 11. The van der Waals surface area contributed by atoms with Crippen molar-refractivity contribution in [3.8, 4) is 28.7 Å². The van der Waals surface area contributed by atoms with Crippen LogP contribution in [0.2, 0.25) is 25.1 Å². The quantitative estimate of drug-likeness (QED) is 0.0406. The van der Waals surface area contributed by atoms with Gasteiger partial charge < -0.3 is 48.8 Å². The van der Waals surface area contributed by atoms with Gasteiger partial charge in [0, 0.05) is 82.7 Å². The number of fused-ring (bicyclic) bond motifs is 3. The SMILES string of the molecule is COC(c1c(F)ccc(OCc2ccccc2)c1Cl)c1c[nH]c2ncccc12.Fc1ccc(OCc2ccccc2)c(Cl)c1.O=Cc1c(F)ccc(OCc2ccccc2)c1Cl.OC(c1c(F)ccc(OCc2ccccc2)c1Cl)c1c[nH]c2ncccc12.Oc1ccc(F)cc1Cl.c1cnc2[nH]ccc2c1. The molecule has 107 heavy (non-hydrogen) atoms. The highest BCUT2D eigenvalue weighted by atomic mass is 35.5. The number of nitrogens with zero attached hydrogens (tertiary/aromatic N) is 3. The van der Waals surface area contributed by atoms with Crippen molar-refractivity contribution < 1.29 is 60.6 Å². The Morgan fingerprint density at radius 3 is 1.31 bits per heavy atom. The molecule has 15 aromatic rings. The summed E-state index contributed by atoms with van der Waals surface area (Å²) in [5.74, 6) is -1.11. The van der Waals surface area contributed by atoms with Gasteiger partial charge in [0.1, 0.15) is 113 Å². The zero-order valence-electron chi connectivity index (χ0n) is 56.5. The highest BCUT2D eigenvalue weighted by molar-refractivity contribution is 6.35. The molecule has 0 bridgehead atoms. The molecule has 2 unspecified atom stereocenters. The van der Waals surface area contributed by atoms with Gasteiger partial charge in [-0.25, -0.2) is 36.9 Å². The lowest BCUT2D eigenvalue weighted by molar-refractivity contribution is 0.111. The molecule has 6 aromatic heterocycles. The molecular formula is C83H64Cl5F5N6O8. The number of aromatic amines is 3. The van der Waals surface area contributed by atoms with Crippen LogP contribution in [-0.2, 0) is 31.2 Å². The van der Waals surface area contributed by atoms with Gasteiger partial charge in [-0.05, 0) is 138 Å². The Kier molecular flexibility index (Phi) is 28.7. The second kappa shape index (κ2) is 39.2. The Bertz CT molecular complexity index is 5330. The number of nitrogens with one attached hydrogen (secondary N) is 3. The maximum atomic E-state index is 14.8. The summed E-state index contributed by atoms with van der Waals surface area (Å²) in [5.41, 5.74) is 7.52. The smallest absolute Gasteiger partial charge is 0.154 e. The summed E-state index contributed by atoms with van der Waals surface area (Å²) >= 11 is 30.0. The van der Waals surface area contributed by atoms with Crippen molar-refractivity contribution in [3.63, 3.8) is 0 Å². The number of pyridine rings is 3. The van der Waals surface area contributed by atoms with E-state index in [2.05, 4.69) is 29.9 Å². The fourth-order valence-electron chi connectivity index (χ4n) is 10.4. The van der Waals surface area contributed by atoms with Gasteiger partial charge in [0.2, 0.25) is 0 Å². The summed E-state index contributed by atoms with van der Waals surface area (Å²) in [6, 6.07) is 67.4. The average molecular weight is 1550 g/mol. The Morgan fingerprint density at radius 1 is 0.430 bits per heavy atom. The van der Waals surface area contributed by atoms with Gasteiger partial charge >= 0.3 is 0 Å². The molecule has 9 aromatic carbocycles. The number of phenols is 1. The molecule has 0 saturated heterocycles. The molecular weight excluding hydrogens is 1480 g/mol. The van der Waals surface area contributed by atoms with Crippen LogP contribution in [0.5, 0.6) is 28.7 Å². The molecule has 0 aliphatic carbocycles. The minimum Gasteiger partial charge on any atom is -0.506 e. The second-order valence-corrected chi connectivity index (χ2v) is 24.9. The zero-order chi connectivity index (χ0) is 75.6. The van der Waals surface area contributed by atoms with Gasteiger partial charge in [-0.15, -0.1) is 0 Å². The summed E-state index contributed by atoms with van der Waals surface area (Å²) in [6.45, 7) is 1.36. The number of aldehydes is 1. The van der Waals surface area contributed by atoms with Crippen molar-refractivity contribution in [2.75, 3.05) is 7.11 Å². The molecule has 544 valence electrons. The molecule has 0 fully saturated rings. The Hall–Kier alpha value is -11.3. The molecule has 0 saturated carbocycles. The zero-order valence-corrected chi connectivity index (χ0v) is 60.3. The standard InChI is InChI=1S/C22H18ClFN2O2.C21H16ClFN2O2.C14H10ClFO2.C13H10ClFO.C7H6N2.C6H4ClFO/c1-27-21(16-12-26-22-15(16)8-5-11-25-22)19-17(24)9-10-18(20(19)23)28-13-14-6-3-2-4-7-14;22-19-17(27-12-13-5-2-1-3-6-13)9-8-16(23)18(19)20(26)15-11-25-21-14(15)7-4-10-24-21;15-14-11(8-17)12(16)6-7-13(14)18-9-10-4-2-1-3-5-10;14-12-8-11(15)6-7-13(12)16-9-10-4-2-1-3-5-10;1-2-6-3-5-9-7(6)8-4-1;7-5-3-4(8)1-2-6(5)9/h2-12,21H,13H2,1H3,(H,25,26);1-11,20,26H,12H2,(H,24,25);1-8H,9H2;1-8H,9H2;1-5H,(H,8,9);1-3,9H. The van der Waals surface area contributed by atoms with Crippen LogP contribution in [0.15, 0.2) is 274 Å². The maximum absolute atomic E-state index is 14.8. The second-order valence-electron chi connectivity index (χ2n) is 22.9. The maximum Gasteiger partial charge on any atom is 0.154 e. The van der Waals surface area contributed by atoms with Gasteiger partial charge in [-0.2, -0.15) is 0 Å². The lowest BCUT2D eigenvalue weighted by Crippen LogP contribution is -2.08. The number of carbonyl (C=O) groups is 1. The van der Waals surface area contributed by atoms with Crippen molar-refractivity contribution in [1.82, 2.24) is 29.9 Å². The molecule has 2 atom stereocenters. The van der Waals surface area contributed by atoms with Crippen LogP contribution in [0.25, 0.3) is 33.1 Å². The summed E-state index contributed by atoms with van der Waals surface area (Å²) in [4.78, 5) is 32.3. The van der Waals surface area contributed by atoms with Gasteiger partial charge in [-0.1, -0.05) is 179 Å². The number of methoxy groups -OCH3 is 1. The summed E-state index contributed by atoms with van der Waals surface area (Å²) in [5, 5.41) is 22.9. The number of aliphatic hydroxyl groups is 1. The number of rotatable bonds is 18. The van der Waals surface area contributed by atoms with E-state index >= 15 is 0 Å². The van der Waals surface area contributed by atoms with Crippen molar-refractivity contribution in [3.05, 3.63) is 378 Å². The van der Waals surface area contributed by atoms with Crippen molar-refractivity contribution in [1.29, 1.82) is 0 Å². The first-order chi connectivity index (χ1) is 52.0. The van der Waals surface area contributed by atoms with E-state index in [0.29, 0.717) is 78.0 Å². The number of aromatic hydroxyl groups is 1. The monoisotopic (exact) mass is 1540 g/mol. The van der Waals surface area contributed by atoms with Crippen molar-refractivity contribution in [2.24, 2.45) is 0 Å². The highest BCUT2D eigenvalue weighted by Crippen LogP contribution is 2.42. The van der Waals surface area contributed by atoms with E-state index in [-0.39, 0.29) is 53.4 Å². The van der Waals surface area contributed by atoms with Gasteiger partial charge in [-0.3, -0.25) is 4.79 Å². The van der Waals surface area contributed by atoms with Gasteiger partial charge in [0.25, 0.3) is 0 Å². The Labute approximate surface area is 636 Å². The number of halogens is 10. The largest absolute Gasteiger partial charge is 0.506 e. The number of ether oxygens (including phenoxy) is 5. The van der Waals surface area contributed by atoms with Crippen LogP contribution in [0, 0.1) is 29.1 Å². The molecule has 14 nitrogen and oxygen atoms in total. The number of benzene rings is 9. The summed E-state index contributed by atoms with van der Waals surface area (Å²) < 4.78 is 95.6. The van der Waals surface area contributed by atoms with Crippen LogP contribution in [-0.4, -0.2) is 53.5 Å². The lowest BCUT2D eigenvalue weighted by Gasteiger charge is -2.19. The first-order valence-corrected chi connectivity index (χ1v) is 34.4. The summed E-state index contributed by atoms with van der Waals surface area (Å²) in [7, 11) is 1.52. The van der Waals surface area contributed by atoms with E-state index in [1.807, 2.05) is 158 Å². The van der Waals surface area contributed by atoms with Crippen LogP contribution in [0.3, 0.4) is 0 Å². The molecule has 15 rings (SSSR count). The van der Waals surface area contributed by atoms with Crippen LogP contribution >= 0.6 is 58.0 Å². The number of aromatic nitrogens is 6. The van der Waals surface area contributed by atoms with Crippen LogP contribution in [0.1, 0.15) is 67.1 Å². The first kappa shape index (κ1) is 78.3. The van der Waals surface area contributed by atoms with Crippen molar-refractivity contribution in [2.45, 2.75) is 38.6 Å². The number of aliphatic hydroxyl groups excluding tert-OH is 1. The molecule has 6 heterocycles. The number of H-pyrrole nitrogens is 3. The van der Waals surface area contributed by atoms with E-state index < -0.39 is 35.5 Å². The van der Waals surface area contributed by atoms with E-state index in [9.17, 15) is 31.9 Å². The number of carbonyl (C=O) groups excluding carboxylic acids is 1. The van der Waals surface area contributed by atoms with E-state index in [1.165, 1.54) is 61.7 Å². The number of phenolic OH excluding ortho intramolecular Hbond substituents is 1. The molecule has 5 N–H and O–H groups in total. The first-order valence-electron chi connectivity index (χ1n) is 32.6. The lowest BCUT2D eigenvalue weighted by atomic mass is 10.0. The third-order valence-electron chi connectivity index (χ3n) is 15.8. The molecule has 0 radical (unpaired) electrons. The molecule has 0 spiro atoms. The fraction of sp³-hybridized carbons (Fsp3) is 0.0843. The van der Waals surface area contributed by atoms with E-state index in [4.69, 9.17) is 86.8 Å². The Balaban J connectivity index is 0.000000144. The Morgan fingerprint density at radius 2 is 0.841 bits per heavy atom. The minimum absolute atomic E-state index is 0.000862. The van der Waals surface area contributed by atoms with Crippen LogP contribution < -0.4 is 18.9 Å². The highest BCUT2D eigenvalue weighted by Gasteiger charge is 2.27. The van der Waals surface area contributed by atoms with Crippen LogP contribution in [0.4, 0.5) is 22.0 Å². The minimum atomic E-state index is -1.25. The van der Waals surface area contributed by atoms with Gasteiger partial charge in [0.15, 0.2) is 6.29 Å². The number of hydrogen-bond donors (Lipinski definition) is 5. The van der Waals surface area contributed by atoms with Crippen molar-refractivity contribution >= 4 is 97.4 Å². The predicted octanol–water partition coefficient (Wildman–Crippen LogP) is 22.4. The molecule has 0 aliphatic rings. The molecule has 0 aliphatic heterocycles. The molecule has 0 amide bonds. The third kappa shape index (κ3) is 21.5. The normalized spacial score (nSPS) is 11.2. The third-order valence-corrected chi connectivity index (χ3v) is 17.5. The van der Waals surface area contributed by atoms with Gasteiger partial charge in [0.05, 0.1) is 30.7 Å². The fourth-order valence-corrected chi connectivity index (χ4v) is 11.7.